The molecule has 20 heavy (non-hydrogen) atoms. The maximum atomic E-state index is 12.5. The molecule has 7 heteroatoms. The molecule has 2 aromatic heterocycles. The average Bonchev–Trinajstić information content (AvgIpc) is 2.64. The van der Waals surface area contributed by atoms with E-state index in [9.17, 15) is 4.79 Å². The third kappa shape index (κ3) is 1.83. The van der Waals surface area contributed by atoms with Gasteiger partial charge >= 0.3 is 5.69 Å². The van der Waals surface area contributed by atoms with E-state index in [0.717, 1.165) is 0 Å². The fraction of sp³-hybridized carbons (Fsp3) is 0.0769. The molecule has 0 saturated heterocycles. The fourth-order valence-electron chi connectivity index (χ4n) is 2.17. The first-order valence-corrected chi connectivity index (χ1v) is 6.96. The number of halogens is 2. The standard InChI is InChI=1S/C13H10BrClN4O/c1-18-12-9(5-6-10(14)17-12)19(13(18)20)11-7(15)3-2-4-8(11)16/h2-6H,16H2,1H3. The molecule has 3 aromatic rings. The second kappa shape index (κ2) is 4.64. The summed E-state index contributed by atoms with van der Waals surface area (Å²) in [4.78, 5) is 16.8. The molecule has 0 saturated carbocycles. The SMILES string of the molecule is Cn1c(=O)n(-c2c(N)cccc2Cl)c2ccc(Br)nc21. The Morgan fingerprint density at radius 2 is 2.05 bits per heavy atom. The summed E-state index contributed by atoms with van der Waals surface area (Å²) in [5.41, 5.74) is 7.86. The van der Waals surface area contributed by atoms with Crippen LogP contribution in [0.5, 0.6) is 0 Å². The van der Waals surface area contributed by atoms with Crippen molar-refractivity contribution in [1.82, 2.24) is 14.1 Å². The first kappa shape index (κ1) is 13.2. The number of rotatable bonds is 1. The molecule has 102 valence electrons. The third-order valence-corrected chi connectivity index (χ3v) is 3.85. The van der Waals surface area contributed by atoms with Crippen molar-refractivity contribution >= 4 is 44.4 Å². The van der Waals surface area contributed by atoms with Gasteiger partial charge in [-0.25, -0.2) is 9.78 Å². The van der Waals surface area contributed by atoms with Crippen molar-refractivity contribution in [3.63, 3.8) is 0 Å². The van der Waals surface area contributed by atoms with Crippen LogP contribution in [0.4, 0.5) is 5.69 Å². The number of pyridine rings is 1. The molecular formula is C13H10BrClN4O. The van der Waals surface area contributed by atoms with Gasteiger partial charge in [-0.05, 0) is 40.2 Å². The summed E-state index contributed by atoms with van der Waals surface area (Å²) in [6.45, 7) is 0. The monoisotopic (exact) mass is 352 g/mol. The maximum Gasteiger partial charge on any atom is 0.334 e. The first-order chi connectivity index (χ1) is 9.50. The number of aromatic nitrogens is 3. The predicted octanol–water partition coefficient (Wildman–Crippen LogP) is 2.72. The number of fused-ring (bicyclic) bond motifs is 1. The predicted molar refractivity (Wildman–Crippen MR) is 83.4 cm³/mol. The quantitative estimate of drug-likeness (QED) is 0.540. The van der Waals surface area contributed by atoms with E-state index in [0.29, 0.717) is 32.2 Å². The lowest BCUT2D eigenvalue weighted by Gasteiger charge is -2.08. The summed E-state index contributed by atoms with van der Waals surface area (Å²) in [6.07, 6.45) is 0. The van der Waals surface area contributed by atoms with E-state index < -0.39 is 0 Å². The van der Waals surface area contributed by atoms with Crippen LogP contribution in [0.15, 0.2) is 39.7 Å². The zero-order valence-corrected chi connectivity index (χ0v) is 12.8. The summed E-state index contributed by atoms with van der Waals surface area (Å²) in [5.74, 6) is 0. The zero-order chi connectivity index (χ0) is 14.4. The molecule has 0 radical (unpaired) electrons. The average molecular weight is 354 g/mol. The number of nitrogens with zero attached hydrogens (tertiary/aromatic N) is 3. The molecule has 0 fully saturated rings. The van der Waals surface area contributed by atoms with E-state index in [1.54, 1.807) is 37.4 Å². The van der Waals surface area contributed by atoms with Crippen LogP contribution in [0.2, 0.25) is 5.02 Å². The molecule has 2 N–H and O–H groups in total. The van der Waals surface area contributed by atoms with Crippen LogP contribution in [-0.2, 0) is 7.05 Å². The van der Waals surface area contributed by atoms with Gasteiger partial charge in [0, 0.05) is 7.05 Å². The molecular weight excluding hydrogens is 344 g/mol. The van der Waals surface area contributed by atoms with E-state index in [-0.39, 0.29) is 5.69 Å². The van der Waals surface area contributed by atoms with Crippen molar-refractivity contribution in [2.45, 2.75) is 0 Å². The van der Waals surface area contributed by atoms with Crippen LogP contribution in [-0.4, -0.2) is 14.1 Å². The van der Waals surface area contributed by atoms with Crippen molar-refractivity contribution in [2.75, 3.05) is 5.73 Å². The van der Waals surface area contributed by atoms with Crippen LogP contribution in [0.3, 0.4) is 0 Å². The second-order valence-corrected chi connectivity index (χ2v) is 5.55. The highest BCUT2D eigenvalue weighted by Crippen LogP contribution is 2.28. The Labute approximate surface area is 127 Å². The molecule has 0 unspecified atom stereocenters. The Morgan fingerprint density at radius 3 is 2.75 bits per heavy atom. The van der Waals surface area contributed by atoms with Crippen molar-refractivity contribution in [2.24, 2.45) is 7.05 Å². The molecule has 3 rings (SSSR count). The largest absolute Gasteiger partial charge is 0.397 e. The number of nitrogens with two attached hydrogens (primary N) is 1. The topological polar surface area (TPSA) is 65.8 Å². The summed E-state index contributed by atoms with van der Waals surface area (Å²) in [6, 6.07) is 8.72. The van der Waals surface area contributed by atoms with E-state index >= 15 is 0 Å². The molecule has 0 aliphatic heterocycles. The minimum atomic E-state index is -0.245. The maximum absolute atomic E-state index is 12.5. The zero-order valence-electron chi connectivity index (χ0n) is 10.5. The van der Waals surface area contributed by atoms with E-state index in [2.05, 4.69) is 20.9 Å². The van der Waals surface area contributed by atoms with Gasteiger partial charge in [0.1, 0.15) is 4.60 Å². The van der Waals surface area contributed by atoms with Gasteiger partial charge in [-0.1, -0.05) is 17.7 Å². The molecule has 2 heterocycles. The number of para-hydroxylation sites is 1. The molecule has 0 spiro atoms. The highest BCUT2D eigenvalue weighted by Gasteiger charge is 2.17. The van der Waals surface area contributed by atoms with E-state index in [1.165, 1.54) is 9.13 Å². The number of benzene rings is 1. The summed E-state index contributed by atoms with van der Waals surface area (Å²) >= 11 is 9.50. The molecule has 0 amide bonds. The Bertz CT molecular complexity index is 864. The molecule has 0 aliphatic rings. The fourth-order valence-corrected chi connectivity index (χ4v) is 2.73. The number of aryl methyl sites for hydroxylation is 1. The summed E-state index contributed by atoms with van der Waals surface area (Å²) < 4.78 is 3.60. The molecule has 0 atom stereocenters. The number of imidazole rings is 1. The van der Waals surface area contributed by atoms with Crippen molar-refractivity contribution in [1.29, 1.82) is 0 Å². The molecule has 1 aromatic carbocycles. The second-order valence-electron chi connectivity index (χ2n) is 4.33. The highest BCUT2D eigenvalue weighted by molar-refractivity contribution is 9.10. The van der Waals surface area contributed by atoms with Gasteiger partial charge in [0.05, 0.1) is 21.9 Å². The Kier molecular flexibility index (Phi) is 3.07. The number of hydrogen-bond donors (Lipinski definition) is 1. The highest BCUT2D eigenvalue weighted by atomic mass is 79.9. The third-order valence-electron chi connectivity index (χ3n) is 3.10. The Hall–Kier alpha value is -1.79. The van der Waals surface area contributed by atoms with Crippen molar-refractivity contribution in [3.05, 3.63) is 50.4 Å². The number of anilines is 1. The molecule has 0 bridgehead atoms. The van der Waals surface area contributed by atoms with Gasteiger partial charge in [0.2, 0.25) is 0 Å². The first-order valence-electron chi connectivity index (χ1n) is 5.79. The van der Waals surface area contributed by atoms with E-state index in [1.807, 2.05) is 0 Å². The van der Waals surface area contributed by atoms with Crippen LogP contribution in [0.25, 0.3) is 16.9 Å². The lowest BCUT2D eigenvalue weighted by molar-refractivity contribution is 0.839. The van der Waals surface area contributed by atoms with Crippen LogP contribution in [0, 0.1) is 0 Å². The van der Waals surface area contributed by atoms with Crippen molar-refractivity contribution in [3.8, 4) is 5.69 Å². The van der Waals surface area contributed by atoms with Gasteiger partial charge in [0.25, 0.3) is 0 Å². The van der Waals surface area contributed by atoms with Gasteiger partial charge in [0.15, 0.2) is 5.65 Å². The van der Waals surface area contributed by atoms with Gasteiger partial charge in [-0.15, -0.1) is 0 Å². The van der Waals surface area contributed by atoms with E-state index in [4.69, 9.17) is 17.3 Å². The van der Waals surface area contributed by atoms with Gasteiger partial charge in [-0.2, -0.15) is 0 Å². The number of nitrogen functional groups attached to an aromatic ring is 1. The number of hydrogen-bond acceptors (Lipinski definition) is 3. The minimum absolute atomic E-state index is 0.245. The Morgan fingerprint density at radius 1 is 1.30 bits per heavy atom. The molecule has 5 nitrogen and oxygen atoms in total. The molecule has 0 aliphatic carbocycles. The summed E-state index contributed by atoms with van der Waals surface area (Å²) in [5, 5.41) is 0.419. The normalized spacial score (nSPS) is 11.2. The van der Waals surface area contributed by atoms with Crippen LogP contribution in [0.1, 0.15) is 0 Å². The minimum Gasteiger partial charge on any atom is -0.397 e. The van der Waals surface area contributed by atoms with Crippen LogP contribution < -0.4 is 11.4 Å². The van der Waals surface area contributed by atoms with Crippen LogP contribution >= 0.6 is 27.5 Å². The Balaban J connectivity index is 2.49. The van der Waals surface area contributed by atoms with Crippen molar-refractivity contribution < 1.29 is 0 Å². The smallest absolute Gasteiger partial charge is 0.334 e. The van der Waals surface area contributed by atoms with Gasteiger partial charge < -0.3 is 5.73 Å². The lowest BCUT2D eigenvalue weighted by atomic mass is 10.2. The van der Waals surface area contributed by atoms with Gasteiger partial charge in [-0.3, -0.25) is 9.13 Å². The summed E-state index contributed by atoms with van der Waals surface area (Å²) in [7, 11) is 1.66. The lowest BCUT2D eigenvalue weighted by Crippen LogP contribution is -2.22.